The summed E-state index contributed by atoms with van der Waals surface area (Å²) < 4.78 is 27.2. The van der Waals surface area contributed by atoms with Crippen LogP contribution in [0, 0.1) is 0 Å². The Morgan fingerprint density at radius 1 is 1.37 bits per heavy atom. The minimum absolute atomic E-state index is 0.211. The molecule has 0 aromatic carbocycles. The maximum absolute atomic E-state index is 12.2. The second-order valence-corrected chi connectivity index (χ2v) is 7.83. The number of hydrogen-bond acceptors (Lipinski definition) is 5. The molecule has 2 rings (SSSR count). The highest BCUT2D eigenvalue weighted by Crippen LogP contribution is 2.23. The van der Waals surface area contributed by atoms with E-state index in [4.69, 9.17) is 0 Å². The summed E-state index contributed by atoms with van der Waals surface area (Å²) in [6, 6.07) is 5.35. The molecule has 19 heavy (non-hydrogen) atoms. The molecule has 0 fully saturated rings. The first-order valence-corrected chi connectivity index (χ1v) is 9.05. The van der Waals surface area contributed by atoms with E-state index in [1.807, 2.05) is 31.5 Å². The molecule has 104 valence electrons. The Morgan fingerprint density at radius 2 is 2.16 bits per heavy atom. The van der Waals surface area contributed by atoms with Gasteiger partial charge in [-0.25, -0.2) is 13.1 Å². The van der Waals surface area contributed by atoms with Crippen LogP contribution >= 0.6 is 22.7 Å². The van der Waals surface area contributed by atoms with Crippen molar-refractivity contribution < 1.29 is 8.42 Å². The lowest BCUT2D eigenvalue weighted by molar-refractivity contribution is 0.569. The summed E-state index contributed by atoms with van der Waals surface area (Å²) in [5.74, 6) is 0. The molecular weight excluding hydrogens is 300 g/mol. The van der Waals surface area contributed by atoms with E-state index in [1.165, 1.54) is 11.3 Å². The van der Waals surface area contributed by atoms with Crippen molar-refractivity contribution >= 4 is 32.7 Å². The summed E-state index contributed by atoms with van der Waals surface area (Å²) in [6.45, 7) is 2.53. The first-order chi connectivity index (χ1) is 9.03. The zero-order valence-electron chi connectivity index (χ0n) is 10.7. The zero-order chi connectivity index (χ0) is 13.9. The summed E-state index contributed by atoms with van der Waals surface area (Å²) >= 11 is 2.99. The van der Waals surface area contributed by atoms with E-state index in [0.29, 0.717) is 11.4 Å². The first-order valence-electron chi connectivity index (χ1n) is 5.80. The fourth-order valence-corrected chi connectivity index (χ4v) is 4.98. The van der Waals surface area contributed by atoms with Gasteiger partial charge in [-0.2, -0.15) is 0 Å². The Labute approximate surface area is 121 Å². The third-order valence-corrected chi connectivity index (χ3v) is 6.25. The van der Waals surface area contributed by atoms with Crippen LogP contribution in [0.4, 0.5) is 0 Å². The predicted molar refractivity (Wildman–Crippen MR) is 80.1 cm³/mol. The van der Waals surface area contributed by atoms with Crippen LogP contribution in [0.25, 0.3) is 0 Å². The fraction of sp³-hybridized carbons (Fsp3) is 0.333. The van der Waals surface area contributed by atoms with E-state index in [-0.39, 0.29) is 6.04 Å². The van der Waals surface area contributed by atoms with Gasteiger partial charge in [0.1, 0.15) is 0 Å². The largest absolute Gasteiger partial charge is 0.315 e. The van der Waals surface area contributed by atoms with Crippen molar-refractivity contribution in [1.29, 1.82) is 0 Å². The third-order valence-electron chi connectivity index (χ3n) is 2.59. The summed E-state index contributed by atoms with van der Waals surface area (Å²) in [6.07, 6.45) is 0. The minimum atomic E-state index is -3.44. The van der Waals surface area contributed by atoms with Gasteiger partial charge in [-0.05, 0) is 31.5 Å². The summed E-state index contributed by atoms with van der Waals surface area (Å²) in [5.41, 5.74) is 0. The molecule has 1 atom stereocenters. The van der Waals surface area contributed by atoms with Crippen molar-refractivity contribution in [3.8, 4) is 0 Å². The van der Waals surface area contributed by atoms with Gasteiger partial charge >= 0.3 is 0 Å². The molecule has 0 aliphatic carbocycles. The number of hydrogen-bond donors (Lipinski definition) is 2. The highest BCUT2D eigenvalue weighted by atomic mass is 32.2. The average molecular weight is 316 g/mol. The topological polar surface area (TPSA) is 58.2 Å². The van der Waals surface area contributed by atoms with E-state index in [0.717, 1.165) is 9.75 Å². The van der Waals surface area contributed by atoms with Crippen LogP contribution in [-0.4, -0.2) is 15.5 Å². The molecule has 0 aliphatic heterocycles. The first kappa shape index (κ1) is 14.7. The van der Waals surface area contributed by atoms with Crippen molar-refractivity contribution in [3.63, 3.8) is 0 Å². The van der Waals surface area contributed by atoms with Gasteiger partial charge in [0.05, 0.1) is 10.9 Å². The van der Waals surface area contributed by atoms with Crippen molar-refractivity contribution in [2.75, 3.05) is 7.05 Å². The van der Waals surface area contributed by atoms with Crippen molar-refractivity contribution in [1.82, 2.24) is 10.0 Å². The lowest BCUT2D eigenvalue weighted by Gasteiger charge is -2.11. The van der Waals surface area contributed by atoms with Crippen LogP contribution in [-0.2, 0) is 16.6 Å². The summed E-state index contributed by atoms with van der Waals surface area (Å²) in [7, 11) is -1.61. The van der Waals surface area contributed by atoms with E-state index in [2.05, 4.69) is 10.0 Å². The average Bonchev–Trinajstić information content (AvgIpc) is 2.99. The van der Waals surface area contributed by atoms with Gasteiger partial charge in [0, 0.05) is 21.7 Å². The molecule has 0 spiro atoms. The van der Waals surface area contributed by atoms with Crippen molar-refractivity contribution in [2.45, 2.75) is 24.4 Å². The molecule has 4 nitrogen and oxygen atoms in total. The second kappa shape index (κ2) is 6.15. The Kier molecular flexibility index (Phi) is 4.75. The van der Waals surface area contributed by atoms with Crippen molar-refractivity contribution in [2.24, 2.45) is 0 Å². The van der Waals surface area contributed by atoms with Crippen LogP contribution < -0.4 is 10.0 Å². The van der Waals surface area contributed by atoms with Crippen LogP contribution in [0.3, 0.4) is 0 Å². The molecular formula is C12H16N2O2S3. The maximum Gasteiger partial charge on any atom is 0.241 e. The molecule has 2 heterocycles. The Balaban J connectivity index is 2.13. The van der Waals surface area contributed by atoms with Crippen LogP contribution in [0.2, 0.25) is 0 Å². The molecule has 0 saturated heterocycles. The second-order valence-electron chi connectivity index (χ2n) is 4.14. The smallest absolute Gasteiger partial charge is 0.241 e. The Morgan fingerprint density at radius 3 is 2.79 bits per heavy atom. The van der Waals surface area contributed by atoms with Gasteiger partial charge in [-0.3, -0.25) is 0 Å². The molecule has 0 amide bonds. The van der Waals surface area contributed by atoms with Crippen LogP contribution in [0.1, 0.15) is 22.7 Å². The number of thiophene rings is 2. The zero-order valence-corrected chi connectivity index (χ0v) is 13.2. The van der Waals surface area contributed by atoms with Crippen LogP contribution in [0.15, 0.2) is 33.9 Å². The Bertz CT molecular complexity index is 617. The predicted octanol–water partition coefficient (Wildman–Crippen LogP) is 2.57. The highest BCUT2D eigenvalue weighted by molar-refractivity contribution is 7.89. The normalized spacial score (nSPS) is 13.6. The molecule has 0 bridgehead atoms. The van der Waals surface area contributed by atoms with Gasteiger partial charge in [0.2, 0.25) is 10.0 Å². The van der Waals surface area contributed by atoms with E-state index < -0.39 is 10.0 Å². The molecule has 0 radical (unpaired) electrons. The molecule has 1 unspecified atom stereocenters. The van der Waals surface area contributed by atoms with Gasteiger partial charge < -0.3 is 5.32 Å². The van der Waals surface area contributed by atoms with E-state index in [1.54, 1.807) is 22.8 Å². The van der Waals surface area contributed by atoms with E-state index >= 15 is 0 Å². The quantitative estimate of drug-likeness (QED) is 0.861. The van der Waals surface area contributed by atoms with Crippen LogP contribution in [0.5, 0.6) is 0 Å². The van der Waals surface area contributed by atoms with Gasteiger partial charge in [0.15, 0.2) is 0 Å². The van der Waals surface area contributed by atoms with E-state index in [9.17, 15) is 8.42 Å². The number of rotatable bonds is 6. The molecule has 2 aromatic rings. The van der Waals surface area contributed by atoms with Gasteiger partial charge in [-0.15, -0.1) is 22.7 Å². The lowest BCUT2D eigenvalue weighted by Crippen LogP contribution is -2.26. The molecule has 0 aliphatic rings. The van der Waals surface area contributed by atoms with Gasteiger partial charge in [0.25, 0.3) is 0 Å². The lowest BCUT2D eigenvalue weighted by atomic mass is 10.3. The number of sulfonamides is 1. The maximum atomic E-state index is 12.2. The highest BCUT2D eigenvalue weighted by Gasteiger charge is 2.20. The number of nitrogens with one attached hydrogen (secondary N) is 2. The van der Waals surface area contributed by atoms with Gasteiger partial charge in [-0.1, -0.05) is 6.07 Å². The minimum Gasteiger partial charge on any atom is -0.315 e. The standard InChI is InChI=1S/C12H16N2O2S3/c1-9(12-4-3-5-17-12)14-19(15,16)11-6-10(7-13-2)18-8-11/h3-6,8-9,13-14H,7H2,1-2H3. The third kappa shape index (κ3) is 3.64. The Hall–Kier alpha value is -0.730. The molecule has 2 N–H and O–H groups in total. The monoisotopic (exact) mass is 316 g/mol. The molecule has 2 aromatic heterocycles. The summed E-state index contributed by atoms with van der Waals surface area (Å²) in [5, 5.41) is 6.63. The SMILES string of the molecule is CNCc1cc(S(=O)(=O)NC(C)c2cccs2)cs1. The molecule has 0 saturated carbocycles. The van der Waals surface area contributed by atoms with Crippen molar-refractivity contribution in [3.05, 3.63) is 38.7 Å². The molecule has 7 heteroatoms. The summed E-state index contributed by atoms with van der Waals surface area (Å²) in [4.78, 5) is 2.35. The fourth-order valence-electron chi connectivity index (χ4n) is 1.66.